The molecule has 0 aliphatic heterocycles. The van der Waals surface area contributed by atoms with Gasteiger partial charge in [-0.3, -0.25) is 0 Å². The third-order valence-electron chi connectivity index (χ3n) is 2.40. The molecule has 2 aromatic rings. The quantitative estimate of drug-likeness (QED) is 0.797. The zero-order valence-electron chi connectivity index (χ0n) is 7.83. The van der Waals surface area contributed by atoms with Crippen molar-refractivity contribution in [1.29, 1.82) is 0 Å². The van der Waals surface area contributed by atoms with Crippen LogP contribution in [0.4, 0.5) is 4.39 Å². The lowest BCUT2D eigenvalue weighted by Gasteiger charge is -2.09. The number of benzene rings is 1. The van der Waals surface area contributed by atoms with Gasteiger partial charge in [-0.1, -0.05) is 13.0 Å². The lowest BCUT2D eigenvalue weighted by molar-refractivity contribution is 0.270. The second kappa shape index (κ2) is 3.42. The number of hydrogen-bond donors (Lipinski definition) is 1. The van der Waals surface area contributed by atoms with Crippen LogP contribution in [0.5, 0.6) is 0 Å². The zero-order valence-corrected chi connectivity index (χ0v) is 7.83. The molecule has 1 aromatic heterocycles. The molecule has 2 nitrogen and oxygen atoms in total. The van der Waals surface area contributed by atoms with E-state index < -0.39 is 0 Å². The Labute approximate surface area is 81.0 Å². The molecule has 2 rings (SSSR count). The monoisotopic (exact) mass is 194 g/mol. The van der Waals surface area contributed by atoms with Gasteiger partial charge in [-0.2, -0.15) is 0 Å². The molecule has 0 spiro atoms. The van der Waals surface area contributed by atoms with Crippen molar-refractivity contribution in [1.82, 2.24) is 0 Å². The molecule has 0 radical (unpaired) electrons. The first-order chi connectivity index (χ1) is 6.74. The average Bonchev–Trinajstić information content (AvgIpc) is 2.66. The van der Waals surface area contributed by atoms with Crippen LogP contribution < -0.4 is 0 Å². The van der Waals surface area contributed by atoms with Gasteiger partial charge >= 0.3 is 0 Å². The molecule has 74 valence electrons. The molecule has 1 heterocycles. The number of furan rings is 1. The van der Waals surface area contributed by atoms with Gasteiger partial charge in [0.1, 0.15) is 11.4 Å². The van der Waals surface area contributed by atoms with Gasteiger partial charge in [-0.05, 0) is 17.7 Å². The molecule has 3 heteroatoms. The van der Waals surface area contributed by atoms with Crippen molar-refractivity contribution in [3.05, 3.63) is 35.8 Å². The highest BCUT2D eigenvalue weighted by molar-refractivity contribution is 5.78. The van der Waals surface area contributed by atoms with Crippen molar-refractivity contribution in [2.24, 2.45) is 0 Å². The Hall–Kier alpha value is -1.35. The van der Waals surface area contributed by atoms with Crippen LogP contribution in [0.25, 0.3) is 11.0 Å². The van der Waals surface area contributed by atoms with Gasteiger partial charge in [0.15, 0.2) is 0 Å². The number of rotatable bonds is 2. The van der Waals surface area contributed by atoms with Gasteiger partial charge < -0.3 is 9.52 Å². The first-order valence-electron chi connectivity index (χ1n) is 4.50. The minimum Gasteiger partial charge on any atom is -0.464 e. The van der Waals surface area contributed by atoms with E-state index in [9.17, 15) is 4.39 Å². The normalized spacial score (nSPS) is 13.4. The van der Waals surface area contributed by atoms with Gasteiger partial charge in [0, 0.05) is 12.5 Å². The zero-order chi connectivity index (χ0) is 10.1. The predicted octanol–water partition coefficient (Wildman–Crippen LogP) is 2.67. The SMILES string of the molecule is CC(CO)c1ccc2occc2c1F. The van der Waals surface area contributed by atoms with E-state index in [1.54, 1.807) is 25.1 Å². The lowest BCUT2D eigenvalue weighted by Crippen LogP contribution is -2.01. The number of halogens is 1. The second-order valence-corrected chi connectivity index (χ2v) is 3.38. The summed E-state index contributed by atoms with van der Waals surface area (Å²) in [6, 6.07) is 4.97. The first kappa shape index (κ1) is 9.21. The maximum atomic E-state index is 13.8. The molecule has 1 N–H and O–H groups in total. The first-order valence-corrected chi connectivity index (χ1v) is 4.50. The smallest absolute Gasteiger partial charge is 0.137 e. The number of aliphatic hydroxyl groups excluding tert-OH is 1. The molecule has 14 heavy (non-hydrogen) atoms. The summed E-state index contributed by atoms with van der Waals surface area (Å²) >= 11 is 0. The summed E-state index contributed by atoms with van der Waals surface area (Å²) in [5.74, 6) is -0.480. The summed E-state index contributed by atoms with van der Waals surface area (Å²) in [4.78, 5) is 0. The molecular weight excluding hydrogens is 183 g/mol. The number of aliphatic hydroxyl groups is 1. The van der Waals surface area contributed by atoms with Crippen LogP contribution in [-0.4, -0.2) is 11.7 Å². The Kier molecular flexibility index (Phi) is 2.25. The second-order valence-electron chi connectivity index (χ2n) is 3.38. The van der Waals surface area contributed by atoms with E-state index in [1.807, 2.05) is 0 Å². The van der Waals surface area contributed by atoms with Crippen LogP contribution in [0, 0.1) is 5.82 Å². The van der Waals surface area contributed by atoms with Crippen molar-refractivity contribution >= 4 is 11.0 Å². The van der Waals surface area contributed by atoms with Crippen LogP contribution >= 0.6 is 0 Å². The fourth-order valence-electron chi connectivity index (χ4n) is 1.50. The van der Waals surface area contributed by atoms with Gasteiger partial charge in [0.05, 0.1) is 11.6 Å². The van der Waals surface area contributed by atoms with E-state index in [0.717, 1.165) is 0 Å². The van der Waals surface area contributed by atoms with Crippen molar-refractivity contribution in [3.8, 4) is 0 Å². The van der Waals surface area contributed by atoms with E-state index in [0.29, 0.717) is 16.5 Å². The molecule has 0 fully saturated rings. The largest absolute Gasteiger partial charge is 0.464 e. The van der Waals surface area contributed by atoms with Gasteiger partial charge in [-0.25, -0.2) is 4.39 Å². The Morgan fingerprint density at radius 3 is 2.93 bits per heavy atom. The summed E-state index contributed by atoms with van der Waals surface area (Å²) in [6.07, 6.45) is 1.46. The molecule has 0 saturated heterocycles. The van der Waals surface area contributed by atoms with E-state index >= 15 is 0 Å². The van der Waals surface area contributed by atoms with E-state index in [4.69, 9.17) is 9.52 Å². The summed E-state index contributed by atoms with van der Waals surface area (Å²) in [5, 5.41) is 9.42. The third kappa shape index (κ3) is 1.30. The predicted molar refractivity (Wildman–Crippen MR) is 51.7 cm³/mol. The van der Waals surface area contributed by atoms with E-state index in [-0.39, 0.29) is 18.3 Å². The molecule has 0 saturated carbocycles. The highest BCUT2D eigenvalue weighted by Crippen LogP contribution is 2.26. The minimum atomic E-state index is -0.294. The summed E-state index contributed by atoms with van der Waals surface area (Å²) < 4.78 is 18.8. The van der Waals surface area contributed by atoms with Gasteiger partial charge in [-0.15, -0.1) is 0 Å². The molecular formula is C11H11FO2. The molecule has 0 aliphatic rings. The maximum Gasteiger partial charge on any atom is 0.137 e. The summed E-state index contributed by atoms with van der Waals surface area (Å²) in [5.41, 5.74) is 1.07. The van der Waals surface area contributed by atoms with Crippen molar-refractivity contribution < 1.29 is 13.9 Å². The van der Waals surface area contributed by atoms with Gasteiger partial charge in [0.2, 0.25) is 0 Å². The Morgan fingerprint density at radius 1 is 1.43 bits per heavy atom. The standard InChI is InChI=1S/C11H11FO2/c1-7(6-13)8-2-3-10-9(11(8)12)4-5-14-10/h2-5,7,13H,6H2,1H3. The van der Waals surface area contributed by atoms with Crippen LogP contribution in [0.3, 0.4) is 0 Å². The molecule has 0 amide bonds. The minimum absolute atomic E-state index is 0.0553. The molecule has 1 aromatic carbocycles. The van der Waals surface area contributed by atoms with Crippen LogP contribution in [-0.2, 0) is 0 Å². The van der Waals surface area contributed by atoms with E-state index in [2.05, 4.69) is 0 Å². The Balaban J connectivity index is 2.61. The summed E-state index contributed by atoms with van der Waals surface area (Å²) in [6.45, 7) is 1.73. The highest BCUT2D eigenvalue weighted by Gasteiger charge is 2.13. The van der Waals surface area contributed by atoms with Crippen LogP contribution in [0.2, 0.25) is 0 Å². The van der Waals surface area contributed by atoms with Crippen molar-refractivity contribution in [3.63, 3.8) is 0 Å². The number of fused-ring (bicyclic) bond motifs is 1. The van der Waals surface area contributed by atoms with E-state index in [1.165, 1.54) is 6.26 Å². The molecule has 1 atom stereocenters. The highest BCUT2D eigenvalue weighted by atomic mass is 19.1. The third-order valence-corrected chi connectivity index (χ3v) is 2.40. The molecule has 1 unspecified atom stereocenters. The topological polar surface area (TPSA) is 33.4 Å². The van der Waals surface area contributed by atoms with Crippen LogP contribution in [0.1, 0.15) is 18.4 Å². The Bertz CT molecular complexity index is 447. The van der Waals surface area contributed by atoms with Crippen molar-refractivity contribution in [2.45, 2.75) is 12.8 Å². The fraction of sp³-hybridized carbons (Fsp3) is 0.273. The maximum absolute atomic E-state index is 13.8. The lowest BCUT2D eigenvalue weighted by atomic mass is 10.00. The molecule has 0 bridgehead atoms. The average molecular weight is 194 g/mol. The fourth-order valence-corrected chi connectivity index (χ4v) is 1.50. The summed E-state index contributed by atoms with van der Waals surface area (Å²) in [7, 11) is 0. The molecule has 0 aliphatic carbocycles. The number of hydrogen-bond acceptors (Lipinski definition) is 2. The van der Waals surface area contributed by atoms with Gasteiger partial charge in [0.25, 0.3) is 0 Å². The van der Waals surface area contributed by atoms with Crippen LogP contribution in [0.15, 0.2) is 28.9 Å². The Morgan fingerprint density at radius 2 is 2.21 bits per heavy atom. The van der Waals surface area contributed by atoms with Crippen molar-refractivity contribution in [2.75, 3.05) is 6.61 Å².